The second-order valence-electron chi connectivity index (χ2n) is 4.46. The molecule has 1 N–H and O–H groups in total. The summed E-state index contributed by atoms with van der Waals surface area (Å²) < 4.78 is 25.3. The Labute approximate surface area is 100 Å². The number of hydrogen-bond acceptors (Lipinski definition) is 4. The van der Waals surface area contributed by atoms with Crippen molar-refractivity contribution in [1.82, 2.24) is 4.98 Å². The minimum absolute atomic E-state index is 0.0708. The number of anilines is 1. The standard InChI is InChI=1S/C10H16N2O2S2/c1-5-6-16(13,14)12-9-11-8(7-15-9)10(2,3)4/h5,7H,1,6H2,2-4H3,(H,11,12). The van der Waals surface area contributed by atoms with Gasteiger partial charge in [0.1, 0.15) is 0 Å². The van der Waals surface area contributed by atoms with Gasteiger partial charge in [0, 0.05) is 10.8 Å². The summed E-state index contributed by atoms with van der Waals surface area (Å²) >= 11 is 1.29. The highest BCUT2D eigenvalue weighted by Gasteiger charge is 2.19. The van der Waals surface area contributed by atoms with E-state index < -0.39 is 10.0 Å². The maximum Gasteiger partial charge on any atom is 0.238 e. The fourth-order valence-electron chi connectivity index (χ4n) is 0.995. The highest BCUT2D eigenvalue weighted by molar-refractivity contribution is 7.93. The number of nitrogens with one attached hydrogen (secondary N) is 1. The van der Waals surface area contributed by atoms with E-state index in [2.05, 4.69) is 16.3 Å². The average Bonchev–Trinajstić information content (AvgIpc) is 2.50. The third kappa shape index (κ3) is 3.61. The van der Waals surface area contributed by atoms with Crippen LogP contribution in [-0.4, -0.2) is 19.2 Å². The first-order valence-corrected chi connectivity index (χ1v) is 7.35. The van der Waals surface area contributed by atoms with E-state index in [1.54, 1.807) is 0 Å². The molecule has 4 nitrogen and oxygen atoms in total. The van der Waals surface area contributed by atoms with Crippen molar-refractivity contribution in [1.29, 1.82) is 0 Å². The Morgan fingerprint density at radius 1 is 1.56 bits per heavy atom. The van der Waals surface area contributed by atoms with E-state index in [9.17, 15) is 8.42 Å². The summed E-state index contributed by atoms with van der Waals surface area (Å²) in [6.07, 6.45) is 1.35. The Morgan fingerprint density at radius 3 is 2.62 bits per heavy atom. The molecule has 0 aromatic carbocycles. The van der Waals surface area contributed by atoms with Crippen molar-refractivity contribution in [2.45, 2.75) is 26.2 Å². The van der Waals surface area contributed by atoms with E-state index in [1.165, 1.54) is 17.4 Å². The molecule has 0 aliphatic heterocycles. The number of thiazole rings is 1. The van der Waals surface area contributed by atoms with Crippen molar-refractivity contribution in [3.63, 3.8) is 0 Å². The van der Waals surface area contributed by atoms with Crippen LogP contribution in [0, 0.1) is 0 Å². The third-order valence-electron chi connectivity index (χ3n) is 1.85. The minimum Gasteiger partial charge on any atom is -0.258 e. The van der Waals surface area contributed by atoms with Crippen LogP contribution in [0.1, 0.15) is 26.5 Å². The summed E-state index contributed by atoms with van der Waals surface area (Å²) in [5.74, 6) is -0.0998. The molecule has 0 bridgehead atoms. The summed E-state index contributed by atoms with van der Waals surface area (Å²) in [4.78, 5) is 4.24. The molecule has 1 aromatic rings. The fraction of sp³-hybridized carbons (Fsp3) is 0.500. The molecule has 0 aliphatic carbocycles. The van der Waals surface area contributed by atoms with E-state index >= 15 is 0 Å². The first-order valence-electron chi connectivity index (χ1n) is 4.82. The molecule has 0 unspecified atom stereocenters. The predicted molar refractivity (Wildman–Crippen MR) is 68.4 cm³/mol. The van der Waals surface area contributed by atoms with Gasteiger partial charge in [-0.3, -0.25) is 4.72 Å². The zero-order valence-corrected chi connectivity index (χ0v) is 11.3. The predicted octanol–water partition coefficient (Wildman–Crippen LogP) is 2.37. The van der Waals surface area contributed by atoms with E-state index in [0.717, 1.165) is 5.69 Å². The van der Waals surface area contributed by atoms with Crippen LogP contribution in [0.5, 0.6) is 0 Å². The maximum atomic E-state index is 11.4. The molecule has 0 fully saturated rings. The van der Waals surface area contributed by atoms with Crippen molar-refractivity contribution < 1.29 is 8.42 Å². The second kappa shape index (κ2) is 4.55. The van der Waals surface area contributed by atoms with Crippen molar-refractivity contribution in [3.8, 4) is 0 Å². The van der Waals surface area contributed by atoms with Crippen LogP contribution < -0.4 is 4.72 Å². The van der Waals surface area contributed by atoms with E-state index in [1.807, 2.05) is 26.2 Å². The first kappa shape index (κ1) is 13.2. The van der Waals surface area contributed by atoms with Crippen LogP contribution in [0.3, 0.4) is 0 Å². The Bertz CT molecular complexity index is 469. The SMILES string of the molecule is C=CCS(=O)(=O)Nc1nc(C(C)(C)C)cs1. The monoisotopic (exact) mass is 260 g/mol. The highest BCUT2D eigenvalue weighted by Crippen LogP contribution is 2.26. The van der Waals surface area contributed by atoms with Crippen LogP contribution in [0.25, 0.3) is 0 Å². The topological polar surface area (TPSA) is 59.1 Å². The van der Waals surface area contributed by atoms with Gasteiger partial charge in [0.05, 0.1) is 11.4 Å². The molecule has 0 saturated heterocycles. The zero-order chi connectivity index (χ0) is 12.4. The maximum absolute atomic E-state index is 11.4. The highest BCUT2D eigenvalue weighted by atomic mass is 32.2. The van der Waals surface area contributed by atoms with Gasteiger partial charge in [-0.25, -0.2) is 13.4 Å². The van der Waals surface area contributed by atoms with Crippen LogP contribution in [0.4, 0.5) is 5.13 Å². The van der Waals surface area contributed by atoms with Crippen molar-refractivity contribution in [3.05, 3.63) is 23.7 Å². The zero-order valence-electron chi connectivity index (χ0n) is 9.65. The lowest BCUT2D eigenvalue weighted by atomic mass is 9.93. The summed E-state index contributed by atoms with van der Waals surface area (Å²) in [5, 5.41) is 2.28. The van der Waals surface area contributed by atoms with Crippen LogP contribution in [0.2, 0.25) is 0 Å². The molecular weight excluding hydrogens is 244 g/mol. The number of rotatable bonds is 4. The molecule has 0 aliphatic rings. The summed E-state index contributed by atoms with van der Waals surface area (Å²) in [7, 11) is -3.34. The van der Waals surface area contributed by atoms with Crippen LogP contribution in [-0.2, 0) is 15.4 Å². The largest absolute Gasteiger partial charge is 0.258 e. The average molecular weight is 260 g/mol. The van der Waals surface area contributed by atoms with Crippen molar-refractivity contribution >= 4 is 26.5 Å². The number of aromatic nitrogens is 1. The number of nitrogens with zero attached hydrogens (tertiary/aromatic N) is 1. The lowest BCUT2D eigenvalue weighted by molar-refractivity contribution is 0.573. The van der Waals surface area contributed by atoms with E-state index in [0.29, 0.717) is 5.13 Å². The molecular formula is C10H16N2O2S2. The van der Waals surface area contributed by atoms with E-state index in [4.69, 9.17) is 0 Å². The Morgan fingerprint density at radius 2 is 2.19 bits per heavy atom. The smallest absolute Gasteiger partial charge is 0.238 e. The van der Waals surface area contributed by atoms with Gasteiger partial charge in [-0.1, -0.05) is 26.8 Å². The normalized spacial score (nSPS) is 12.4. The van der Waals surface area contributed by atoms with Crippen molar-refractivity contribution in [2.24, 2.45) is 0 Å². The molecule has 0 amide bonds. The van der Waals surface area contributed by atoms with Gasteiger partial charge in [0.15, 0.2) is 5.13 Å². The second-order valence-corrected chi connectivity index (χ2v) is 7.09. The van der Waals surface area contributed by atoms with E-state index in [-0.39, 0.29) is 11.2 Å². The molecule has 90 valence electrons. The van der Waals surface area contributed by atoms with Gasteiger partial charge in [-0.15, -0.1) is 17.9 Å². The summed E-state index contributed by atoms with van der Waals surface area (Å²) in [6, 6.07) is 0. The summed E-state index contributed by atoms with van der Waals surface area (Å²) in [5.41, 5.74) is 0.812. The minimum atomic E-state index is -3.34. The van der Waals surface area contributed by atoms with Crippen molar-refractivity contribution in [2.75, 3.05) is 10.5 Å². The Hall–Kier alpha value is -0.880. The molecule has 0 spiro atoms. The van der Waals surface area contributed by atoms with Gasteiger partial charge in [0.25, 0.3) is 0 Å². The van der Waals surface area contributed by atoms with Gasteiger partial charge in [-0.05, 0) is 0 Å². The molecule has 1 heterocycles. The third-order valence-corrected chi connectivity index (χ3v) is 3.92. The number of sulfonamides is 1. The van der Waals surface area contributed by atoms with Gasteiger partial charge in [0.2, 0.25) is 10.0 Å². The Kier molecular flexibility index (Phi) is 3.75. The molecule has 0 radical (unpaired) electrons. The lowest BCUT2D eigenvalue weighted by Crippen LogP contribution is -2.16. The van der Waals surface area contributed by atoms with Crippen LogP contribution in [0.15, 0.2) is 18.0 Å². The lowest BCUT2D eigenvalue weighted by Gasteiger charge is -2.14. The molecule has 16 heavy (non-hydrogen) atoms. The van der Waals surface area contributed by atoms with Crippen LogP contribution >= 0.6 is 11.3 Å². The molecule has 0 atom stereocenters. The van der Waals surface area contributed by atoms with Gasteiger partial charge >= 0.3 is 0 Å². The van der Waals surface area contributed by atoms with Gasteiger partial charge in [-0.2, -0.15) is 0 Å². The first-order chi connectivity index (χ1) is 7.24. The fourth-order valence-corrected chi connectivity index (χ4v) is 3.05. The summed E-state index contributed by atoms with van der Waals surface area (Å²) in [6.45, 7) is 9.49. The molecule has 1 rings (SSSR count). The molecule has 0 saturated carbocycles. The Balaban J connectivity index is 2.85. The molecule has 1 aromatic heterocycles. The molecule has 6 heteroatoms. The quantitative estimate of drug-likeness (QED) is 0.845. The van der Waals surface area contributed by atoms with Gasteiger partial charge < -0.3 is 0 Å². The number of hydrogen-bond donors (Lipinski definition) is 1.